The van der Waals surface area contributed by atoms with Gasteiger partial charge in [0, 0.05) is 280 Å². The standard InChI is InChI=1S/C9H19.9U/c1-3-5-7-9-8-6-4-2;;;;;;;;;/h1,3-9H2,2H3;;;;;;;;;/q-1;;;;;;;;;. The summed E-state index contributed by atoms with van der Waals surface area (Å²) in [6, 6.07) is 0. The molecule has 0 atom stereocenters. The van der Waals surface area contributed by atoms with Gasteiger partial charge < -0.3 is 6.92 Å². The van der Waals surface area contributed by atoms with Crippen LogP contribution in [0.15, 0.2) is 0 Å². The van der Waals surface area contributed by atoms with E-state index in [0.29, 0.717) is 0 Å². The summed E-state index contributed by atoms with van der Waals surface area (Å²) in [5.41, 5.74) is 0. The predicted molar refractivity (Wildman–Crippen MR) is 43.4 cm³/mol. The van der Waals surface area contributed by atoms with Crippen LogP contribution < -0.4 is 0 Å². The maximum Gasteiger partial charge on any atom is 0 e. The predicted octanol–water partition coefficient (Wildman–Crippen LogP) is 3.57. The van der Waals surface area contributed by atoms with E-state index in [1.54, 1.807) is 0 Å². The Morgan fingerprint density at radius 3 is 1.06 bits per heavy atom. The van der Waals surface area contributed by atoms with Crippen molar-refractivity contribution in [2.75, 3.05) is 0 Å². The Bertz CT molecular complexity index is 51.3. The van der Waals surface area contributed by atoms with Crippen LogP contribution in [0.3, 0.4) is 0 Å². The van der Waals surface area contributed by atoms with E-state index in [4.69, 9.17) is 0 Å². The van der Waals surface area contributed by atoms with Gasteiger partial charge in [0.25, 0.3) is 0 Å². The van der Waals surface area contributed by atoms with E-state index in [1.165, 1.54) is 38.5 Å². The molecule has 0 aliphatic rings. The van der Waals surface area contributed by atoms with Crippen molar-refractivity contribution in [3.63, 3.8) is 0 Å². The summed E-state index contributed by atoms with van der Waals surface area (Å²) in [5.74, 6) is 0. The first-order valence-electron chi connectivity index (χ1n) is 4.21. The van der Waals surface area contributed by atoms with Crippen molar-refractivity contribution in [1.82, 2.24) is 0 Å². The van der Waals surface area contributed by atoms with E-state index < -0.39 is 0 Å². The maximum atomic E-state index is 3.80. The Morgan fingerprint density at radius 1 is 0.500 bits per heavy atom. The number of unbranched alkanes of at least 4 members (excludes halogenated alkanes) is 6. The molecule has 9 heteroatoms. The van der Waals surface area contributed by atoms with Crippen LogP contribution in [0.25, 0.3) is 0 Å². The summed E-state index contributed by atoms with van der Waals surface area (Å²) in [5, 5.41) is 0. The van der Waals surface area contributed by atoms with Crippen molar-refractivity contribution < 1.29 is 280 Å². The van der Waals surface area contributed by atoms with Crippen molar-refractivity contribution >= 4 is 0 Å². The van der Waals surface area contributed by atoms with E-state index in [0.717, 1.165) is 6.42 Å². The summed E-state index contributed by atoms with van der Waals surface area (Å²) in [6.45, 7) is 6.05. The van der Waals surface area contributed by atoms with Gasteiger partial charge in [-0.3, -0.25) is 0 Å². The van der Waals surface area contributed by atoms with Gasteiger partial charge in [-0.05, 0) is 0 Å². The van der Waals surface area contributed by atoms with Crippen molar-refractivity contribution in [2.24, 2.45) is 0 Å². The topological polar surface area (TPSA) is 0 Å². The molecular formula is C9H19U9-. The first-order chi connectivity index (χ1) is 4.41. The van der Waals surface area contributed by atoms with Crippen LogP contribution in [0, 0.1) is 287 Å². The third-order valence-electron chi connectivity index (χ3n) is 1.60. The molecule has 0 heterocycles. The Kier molecular flexibility index (Phi) is 222. The van der Waals surface area contributed by atoms with Crippen LogP contribution in [0.4, 0.5) is 0 Å². The van der Waals surface area contributed by atoms with Gasteiger partial charge in [0.1, 0.15) is 0 Å². The second kappa shape index (κ2) is 63.3. The molecule has 0 saturated carbocycles. The van der Waals surface area contributed by atoms with Gasteiger partial charge in [-0.25, -0.2) is 0 Å². The first kappa shape index (κ1) is 63.1. The minimum Gasteiger partial charge on any atom is -0.343 e. The molecule has 0 unspecified atom stereocenters. The molecule has 18 heavy (non-hydrogen) atoms. The van der Waals surface area contributed by atoms with E-state index >= 15 is 0 Å². The molecule has 0 rings (SSSR count). The molecule has 0 aliphatic carbocycles. The Morgan fingerprint density at radius 2 is 0.778 bits per heavy atom. The first-order valence-corrected chi connectivity index (χ1v) is 4.21. The monoisotopic (exact) mass is 2270 g/mol. The molecule has 0 aromatic rings. The second-order valence-electron chi connectivity index (χ2n) is 2.62. The molecule has 0 aromatic heterocycles. The quantitative estimate of drug-likeness (QED) is 0.283. The minimum absolute atomic E-state index is 0. The van der Waals surface area contributed by atoms with Crippen LogP contribution in [0.1, 0.15) is 51.9 Å². The minimum atomic E-state index is 0. The number of rotatable bonds is 6. The molecule has 0 radical (unpaired) electrons. The Hall–Kier alpha value is 9.47. The van der Waals surface area contributed by atoms with Gasteiger partial charge in [0.15, 0.2) is 0 Å². The summed E-state index contributed by atoms with van der Waals surface area (Å²) >= 11 is 0. The van der Waals surface area contributed by atoms with E-state index in [9.17, 15) is 0 Å². The molecular weight excluding hydrogens is 2250 g/mol. The van der Waals surface area contributed by atoms with Crippen molar-refractivity contribution in [3.05, 3.63) is 6.92 Å². The number of hydrogen-bond donors (Lipinski definition) is 0. The Labute approximate surface area is 329 Å². The fourth-order valence-corrected chi connectivity index (χ4v) is 0.957. The second-order valence-corrected chi connectivity index (χ2v) is 2.62. The molecule has 0 N–H and O–H groups in total. The zero-order chi connectivity index (χ0) is 6.95. The summed E-state index contributed by atoms with van der Waals surface area (Å²) in [7, 11) is 0. The van der Waals surface area contributed by atoms with E-state index in [1.807, 2.05) is 0 Å². The molecule has 0 bridgehead atoms. The van der Waals surface area contributed by atoms with Crippen molar-refractivity contribution in [2.45, 2.75) is 51.9 Å². The number of hydrogen-bond acceptors (Lipinski definition) is 0. The maximum absolute atomic E-state index is 3.80. The van der Waals surface area contributed by atoms with Gasteiger partial charge in [-0.2, -0.15) is 6.42 Å². The largest absolute Gasteiger partial charge is 0.343 e. The van der Waals surface area contributed by atoms with Crippen LogP contribution in [-0.4, -0.2) is 0 Å². The summed E-state index contributed by atoms with van der Waals surface area (Å²) in [6.07, 6.45) is 9.45. The fraction of sp³-hybridized carbons (Fsp3) is 0.889. The molecule has 92 valence electrons. The fourth-order valence-electron chi connectivity index (χ4n) is 0.957. The normalized spacial score (nSPS) is 5.00. The Balaban J connectivity index is -0.00000000889. The van der Waals surface area contributed by atoms with Crippen LogP contribution in [0.5, 0.6) is 0 Å². The zero-order valence-electron chi connectivity index (χ0n) is 11.2. The molecule has 0 fully saturated rings. The van der Waals surface area contributed by atoms with Gasteiger partial charge in [-0.1, -0.05) is 45.4 Å². The third kappa shape index (κ3) is 63.7. The van der Waals surface area contributed by atoms with Gasteiger partial charge >= 0.3 is 0 Å². The molecule has 0 saturated heterocycles. The molecule has 0 nitrogen and oxygen atoms in total. The molecule has 0 aromatic carbocycles. The van der Waals surface area contributed by atoms with Crippen molar-refractivity contribution in [1.29, 1.82) is 0 Å². The van der Waals surface area contributed by atoms with Gasteiger partial charge in [0.2, 0.25) is 0 Å². The molecule has 0 spiro atoms. The van der Waals surface area contributed by atoms with Gasteiger partial charge in [-0.15, -0.1) is 0 Å². The van der Waals surface area contributed by atoms with Crippen LogP contribution in [-0.2, 0) is 0 Å². The van der Waals surface area contributed by atoms with E-state index in [2.05, 4.69) is 13.8 Å². The van der Waals surface area contributed by atoms with Crippen LogP contribution >= 0.6 is 0 Å². The smallest absolute Gasteiger partial charge is 0 e. The third-order valence-corrected chi connectivity index (χ3v) is 1.60. The van der Waals surface area contributed by atoms with E-state index in [-0.39, 0.29) is 280 Å². The SMILES string of the molecule is [CH2-]CCCCCCCC.[U].[U].[U].[U].[U].[U].[U].[U].[U]. The summed E-state index contributed by atoms with van der Waals surface area (Å²) in [4.78, 5) is 0. The van der Waals surface area contributed by atoms with Gasteiger partial charge in [0.05, 0.1) is 0 Å². The summed E-state index contributed by atoms with van der Waals surface area (Å²) < 4.78 is 0. The average Bonchev–Trinajstić information content (AvgIpc) is 1.89. The zero-order valence-corrected chi connectivity index (χ0v) is 48.6. The molecule has 0 amide bonds. The average molecular weight is 2270 g/mol. The molecule has 0 aliphatic heterocycles. The van der Waals surface area contributed by atoms with Crippen LogP contribution in [0.2, 0.25) is 0 Å². The van der Waals surface area contributed by atoms with Crippen molar-refractivity contribution in [3.8, 4) is 0 Å².